The van der Waals surface area contributed by atoms with Gasteiger partial charge in [0.15, 0.2) is 0 Å². The van der Waals surface area contributed by atoms with Crippen molar-refractivity contribution in [2.24, 2.45) is 29.0 Å². The molecule has 0 radical (unpaired) electrons. The van der Waals surface area contributed by atoms with Gasteiger partial charge in [0.1, 0.15) is 24.2 Å². The van der Waals surface area contributed by atoms with E-state index in [0.29, 0.717) is 25.1 Å². The van der Waals surface area contributed by atoms with Crippen molar-refractivity contribution in [3.8, 4) is 0 Å². The summed E-state index contributed by atoms with van der Waals surface area (Å²) >= 11 is 0. The summed E-state index contributed by atoms with van der Waals surface area (Å²) in [7, 11) is 0. The van der Waals surface area contributed by atoms with Crippen molar-refractivity contribution in [3.63, 3.8) is 0 Å². The van der Waals surface area contributed by atoms with Crippen LogP contribution >= 0.6 is 0 Å². The van der Waals surface area contributed by atoms with Gasteiger partial charge in [-0.2, -0.15) is 0 Å². The Kier molecular flexibility index (Phi) is 15.9. The number of carbonyl (C=O) groups excluding carboxylic acids is 5. The minimum atomic E-state index is -1.28. The second kappa shape index (κ2) is 18.5. The summed E-state index contributed by atoms with van der Waals surface area (Å²) in [6.45, 7) is 7.42. The third-order valence-electron chi connectivity index (χ3n) is 6.52. The number of primary amides is 1. The number of unbranched alkanes of at least 4 members (excludes halogenated alkanes) is 1. The molecule has 0 aliphatic rings. The first-order chi connectivity index (χ1) is 20.2. The molecule has 16 heteroatoms. The molecular formula is C27H47N9O7. The summed E-state index contributed by atoms with van der Waals surface area (Å²) in [5.74, 6) is -5.31. The van der Waals surface area contributed by atoms with Gasteiger partial charge in [0.25, 0.3) is 0 Å². The number of imidazole rings is 1. The zero-order chi connectivity index (χ0) is 32.7. The number of amides is 5. The Morgan fingerprint density at radius 3 is 2.00 bits per heavy atom. The van der Waals surface area contributed by atoms with Crippen molar-refractivity contribution >= 4 is 35.5 Å². The Bertz CT molecular complexity index is 1080. The molecule has 0 saturated carbocycles. The van der Waals surface area contributed by atoms with E-state index < -0.39 is 78.1 Å². The van der Waals surface area contributed by atoms with Crippen LogP contribution in [-0.2, 0) is 35.2 Å². The fourth-order valence-electron chi connectivity index (χ4n) is 4.19. The van der Waals surface area contributed by atoms with Crippen molar-refractivity contribution < 1.29 is 33.9 Å². The highest BCUT2D eigenvalue weighted by molar-refractivity contribution is 5.96. The number of hydrogen-bond acceptors (Lipinski definition) is 9. The van der Waals surface area contributed by atoms with Crippen molar-refractivity contribution in [1.82, 2.24) is 31.2 Å². The van der Waals surface area contributed by atoms with Crippen molar-refractivity contribution in [2.45, 2.75) is 96.4 Å². The number of carboxylic acids is 1. The van der Waals surface area contributed by atoms with E-state index in [4.69, 9.17) is 17.2 Å². The molecule has 1 aromatic rings. The number of aromatic amines is 1. The molecule has 43 heavy (non-hydrogen) atoms. The minimum Gasteiger partial charge on any atom is -0.480 e. The standard InChI is InChI=1S/C27H47N9O7/c1-14(2)9-19(34-24(39)18(7-5-6-8-28)33-23(38)17(29)11-21(30)37)25(40)36-22(15(3)4)26(41)35-20(27(42)43)10-16-12-31-13-32-16/h12-15,17-20,22H,5-11,28-29H2,1-4H3,(H2,30,37)(H,31,32)(H,33,38)(H,34,39)(H,35,41)(H,36,40)(H,42,43)/t17-,18-,19-,20-,22-/m0/s1. The van der Waals surface area contributed by atoms with Gasteiger partial charge in [0.2, 0.25) is 29.5 Å². The number of aliphatic carboxylic acids is 1. The van der Waals surface area contributed by atoms with Crippen LogP contribution in [0.25, 0.3) is 0 Å². The predicted molar refractivity (Wildman–Crippen MR) is 157 cm³/mol. The molecule has 0 bridgehead atoms. The molecule has 1 heterocycles. The number of nitrogens with two attached hydrogens (primary N) is 3. The molecule has 0 spiro atoms. The van der Waals surface area contributed by atoms with E-state index in [-0.39, 0.29) is 25.2 Å². The van der Waals surface area contributed by atoms with Gasteiger partial charge in [0, 0.05) is 18.3 Å². The maximum absolute atomic E-state index is 13.4. The summed E-state index contributed by atoms with van der Waals surface area (Å²) in [6.07, 6.45) is 3.83. The Morgan fingerprint density at radius 2 is 1.49 bits per heavy atom. The number of nitrogens with zero attached hydrogens (tertiary/aromatic N) is 1. The number of rotatable bonds is 20. The Morgan fingerprint density at radius 1 is 0.884 bits per heavy atom. The van der Waals surface area contributed by atoms with Gasteiger partial charge in [-0.05, 0) is 44.1 Å². The Hall–Kier alpha value is -4.05. The van der Waals surface area contributed by atoms with Crippen LogP contribution in [0.2, 0.25) is 0 Å². The van der Waals surface area contributed by atoms with Crippen LogP contribution in [0.1, 0.15) is 65.5 Å². The topological polar surface area (TPSA) is 278 Å². The van der Waals surface area contributed by atoms with Gasteiger partial charge in [-0.3, -0.25) is 24.0 Å². The van der Waals surface area contributed by atoms with Crippen LogP contribution in [0.15, 0.2) is 12.5 Å². The first-order valence-corrected chi connectivity index (χ1v) is 14.3. The summed E-state index contributed by atoms with van der Waals surface area (Å²) in [4.78, 5) is 82.0. The maximum atomic E-state index is 13.4. The van der Waals surface area contributed by atoms with E-state index in [0.717, 1.165) is 0 Å². The summed E-state index contributed by atoms with van der Waals surface area (Å²) in [5, 5.41) is 19.9. The van der Waals surface area contributed by atoms with E-state index in [1.165, 1.54) is 12.5 Å². The lowest BCUT2D eigenvalue weighted by atomic mass is 9.98. The molecule has 0 unspecified atom stereocenters. The minimum absolute atomic E-state index is 0.0494. The summed E-state index contributed by atoms with van der Waals surface area (Å²) in [5.41, 5.74) is 16.9. The highest BCUT2D eigenvalue weighted by Gasteiger charge is 2.33. The number of carboxylic acid groups (broad SMARTS) is 1. The molecule has 0 saturated heterocycles. The van der Waals surface area contributed by atoms with Crippen molar-refractivity contribution in [1.29, 1.82) is 0 Å². The lowest BCUT2D eigenvalue weighted by Gasteiger charge is -2.28. The largest absolute Gasteiger partial charge is 0.480 e. The molecule has 0 fully saturated rings. The lowest BCUT2D eigenvalue weighted by Crippen LogP contribution is -2.59. The van der Waals surface area contributed by atoms with Gasteiger partial charge < -0.3 is 48.6 Å². The van der Waals surface area contributed by atoms with E-state index in [2.05, 4.69) is 31.2 Å². The molecule has 5 amide bonds. The molecule has 0 aliphatic heterocycles. The normalized spacial score (nSPS) is 14.7. The number of carbonyl (C=O) groups is 6. The van der Waals surface area contributed by atoms with E-state index >= 15 is 0 Å². The monoisotopic (exact) mass is 609 g/mol. The summed E-state index contributed by atoms with van der Waals surface area (Å²) < 4.78 is 0. The number of aromatic nitrogens is 2. The molecule has 0 aromatic carbocycles. The third kappa shape index (κ3) is 13.6. The first kappa shape index (κ1) is 37.0. The van der Waals surface area contributed by atoms with Gasteiger partial charge in [-0.15, -0.1) is 0 Å². The molecule has 242 valence electrons. The fourth-order valence-corrected chi connectivity index (χ4v) is 4.19. The SMILES string of the molecule is CC(C)C[C@H](NC(=O)[C@H](CCCCN)NC(=O)[C@@H](N)CC(N)=O)C(=O)N[C@H](C(=O)N[C@@H](Cc1cnc[nH]1)C(=O)O)C(C)C. The number of H-pyrrole nitrogens is 1. The average Bonchev–Trinajstić information content (AvgIpc) is 3.42. The molecule has 1 rings (SSSR count). The third-order valence-corrected chi connectivity index (χ3v) is 6.52. The van der Waals surface area contributed by atoms with Crippen LogP contribution in [0, 0.1) is 11.8 Å². The van der Waals surface area contributed by atoms with Gasteiger partial charge in [-0.1, -0.05) is 27.7 Å². The summed E-state index contributed by atoms with van der Waals surface area (Å²) in [6, 6.07) is -5.82. The molecule has 0 aliphatic carbocycles. The van der Waals surface area contributed by atoms with Gasteiger partial charge >= 0.3 is 5.97 Å². The number of hydrogen-bond donors (Lipinski definition) is 9. The van der Waals surface area contributed by atoms with E-state index in [1.54, 1.807) is 13.8 Å². The predicted octanol–water partition coefficient (Wildman–Crippen LogP) is -1.99. The van der Waals surface area contributed by atoms with Crippen LogP contribution < -0.4 is 38.5 Å². The Labute approximate surface area is 251 Å². The van der Waals surface area contributed by atoms with Crippen LogP contribution in [-0.4, -0.2) is 87.3 Å². The Balaban J connectivity index is 3.07. The quantitative estimate of drug-likeness (QED) is 0.0734. The van der Waals surface area contributed by atoms with Crippen molar-refractivity contribution in [2.75, 3.05) is 6.54 Å². The maximum Gasteiger partial charge on any atom is 0.326 e. The highest BCUT2D eigenvalue weighted by Crippen LogP contribution is 2.11. The molecule has 12 N–H and O–H groups in total. The first-order valence-electron chi connectivity index (χ1n) is 14.3. The zero-order valence-corrected chi connectivity index (χ0v) is 25.2. The molecule has 16 nitrogen and oxygen atoms in total. The van der Waals surface area contributed by atoms with Gasteiger partial charge in [-0.25, -0.2) is 9.78 Å². The highest BCUT2D eigenvalue weighted by atomic mass is 16.4. The molecular weight excluding hydrogens is 562 g/mol. The molecule has 1 aromatic heterocycles. The van der Waals surface area contributed by atoms with E-state index in [1.807, 2.05) is 13.8 Å². The van der Waals surface area contributed by atoms with E-state index in [9.17, 15) is 33.9 Å². The second-order valence-corrected chi connectivity index (χ2v) is 11.2. The van der Waals surface area contributed by atoms with Crippen LogP contribution in [0.5, 0.6) is 0 Å². The molecule has 5 atom stereocenters. The van der Waals surface area contributed by atoms with Gasteiger partial charge in [0.05, 0.1) is 18.8 Å². The van der Waals surface area contributed by atoms with Crippen molar-refractivity contribution in [3.05, 3.63) is 18.2 Å². The van der Waals surface area contributed by atoms with Crippen LogP contribution in [0.3, 0.4) is 0 Å². The van der Waals surface area contributed by atoms with Crippen LogP contribution in [0.4, 0.5) is 0 Å². The average molecular weight is 610 g/mol. The lowest BCUT2D eigenvalue weighted by molar-refractivity contribution is -0.142. The fraction of sp³-hybridized carbons (Fsp3) is 0.667. The second-order valence-electron chi connectivity index (χ2n) is 11.2. The zero-order valence-electron chi connectivity index (χ0n) is 25.2. The number of nitrogens with one attached hydrogen (secondary N) is 5. The smallest absolute Gasteiger partial charge is 0.326 e.